The van der Waals surface area contributed by atoms with E-state index in [0.29, 0.717) is 39.4 Å². The predicted molar refractivity (Wildman–Crippen MR) is 134 cm³/mol. The van der Waals surface area contributed by atoms with Gasteiger partial charge in [-0.15, -0.1) is 0 Å². The standard InChI is InChI=1S/C27H24BrNO5/c1-4-34-20-10-6-8-17(14-20)24-23(25(30)18-11-12-22(33-3)21(28)15-18)26(31)27(32)29(24)19-9-5-7-16(2)13-19/h5-15,24,30H,4H2,1-3H3/b25-23+. The molecule has 0 radical (unpaired) electrons. The first-order valence-corrected chi connectivity index (χ1v) is 11.6. The smallest absolute Gasteiger partial charge is 0.300 e. The SMILES string of the molecule is CCOc1cccc(C2/C(=C(\O)c3ccc(OC)c(Br)c3)C(=O)C(=O)N2c2cccc(C)c2)c1. The van der Waals surface area contributed by atoms with Crippen LogP contribution in [0.4, 0.5) is 5.69 Å². The number of halogens is 1. The number of nitrogens with zero attached hydrogens (tertiary/aromatic N) is 1. The van der Waals surface area contributed by atoms with Gasteiger partial charge in [0.05, 0.1) is 29.8 Å². The summed E-state index contributed by atoms with van der Waals surface area (Å²) >= 11 is 3.42. The van der Waals surface area contributed by atoms with Crippen molar-refractivity contribution in [1.82, 2.24) is 0 Å². The summed E-state index contributed by atoms with van der Waals surface area (Å²) in [6.07, 6.45) is 0. The first-order chi connectivity index (χ1) is 16.3. The van der Waals surface area contributed by atoms with Crippen molar-refractivity contribution in [3.63, 3.8) is 0 Å². The third kappa shape index (κ3) is 4.31. The zero-order valence-corrected chi connectivity index (χ0v) is 20.6. The average molecular weight is 522 g/mol. The molecule has 1 saturated heterocycles. The summed E-state index contributed by atoms with van der Waals surface area (Å²) in [5.74, 6) is -0.521. The lowest BCUT2D eigenvalue weighted by molar-refractivity contribution is -0.132. The number of hydrogen-bond donors (Lipinski definition) is 1. The van der Waals surface area contributed by atoms with Crippen LogP contribution in [0.25, 0.3) is 5.76 Å². The van der Waals surface area contributed by atoms with Gasteiger partial charge in [0.2, 0.25) is 0 Å². The number of aliphatic hydroxyl groups is 1. The van der Waals surface area contributed by atoms with E-state index < -0.39 is 17.7 Å². The van der Waals surface area contributed by atoms with Gasteiger partial charge < -0.3 is 14.6 Å². The Hall–Kier alpha value is -3.58. The topological polar surface area (TPSA) is 76.1 Å². The van der Waals surface area contributed by atoms with Crippen molar-refractivity contribution >= 4 is 39.1 Å². The van der Waals surface area contributed by atoms with Crippen LogP contribution in [0.1, 0.15) is 29.7 Å². The van der Waals surface area contributed by atoms with Gasteiger partial charge >= 0.3 is 0 Å². The minimum atomic E-state index is -0.830. The number of amides is 1. The Morgan fingerprint density at radius 3 is 2.50 bits per heavy atom. The summed E-state index contributed by atoms with van der Waals surface area (Å²) < 4.78 is 11.5. The van der Waals surface area contributed by atoms with Crippen molar-refractivity contribution in [2.24, 2.45) is 0 Å². The van der Waals surface area contributed by atoms with Crippen molar-refractivity contribution in [3.05, 3.63) is 93.5 Å². The van der Waals surface area contributed by atoms with Crippen LogP contribution in [-0.4, -0.2) is 30.5 Å². The number of aliphatic hydroxyl groups excluding tert-OH is 1. The fraction of sp³-hybridized carbons (Fsp3) is 0.185. The van der Waals surface area contributed by atoms with E-state index in [-0.39, 0.29) is 11.3 Å². The molecule has 0 aromatic heterocycles. The highest BCUT2D eigenvalue weighted by Gasteiger charge is 2.47. The largest absolute Gasteiger partial charge is 0.507 e. The minimum Gasteiger partial charge on any atom is -0.507 e. The van der Waals surface area contributed by atoms with Crippen LogP contribution in [0, 0.1) is 6.92 Å². The van der Waals surface area contributed by atoms with Gasteiger partial charge in [-0.3, -0.25) is 14.5 Å². The van der Waals surface area contributed by atoms with Gasteiger partial charge in [0.15, 0.2) is 0 Å². The third-order valence-electron chi connectivity index (χ3n) is 5.63. The normalized spacial score (nSPS) is 17.2. The molecule has 1 atom stereocenters. The van der Waals surface area contributed by atoms with E-state index in [2.05, 4.69) is 15.9 Å². The molecule has 0 bridgehead atoms. The number of hydrogen-bond acceptors (Lipinski definition) is 5. The highest BCUT2D eigenvalue weighted by Crippen LogP contribution is 2.43. The van der Waals surface area contributed by atoms with Gasteiger partial charge in [-0.25, -0.2) is 0 Å². The molecule has 7 heteroatoms. The fourth-order valence-corrected chi connectivity index (χ4v) is 4.64. The van der Waals surface area contributed by atoms with Crippen molar-refractivity contribution in [3.8, 4) is 11.5 Å². The molecule has 1 N–H and O–H groups in total. The number of methoxy groups -OCH3 is 1. The van der Waals surface area contributed by atoms with Gasteiger partial charge in [0.25, 0.3) is 11.7 Å². The second-order valence-corrected chi connectivity index (χ2v) is 8.72. The molecular weight excluding hydrogens is 498 g/mol. The Labute approximate surface area is 206 Å². The summed E-state index contributed by atoms with van der Waals surface area (Å²) in [6, 6.07) is 18.7. The Morgan fingerprint density at radius 1 is 1.06 bits per heavy atom. The average Bonchev–Trinajstić information content (AvgIpc) is 3.09. The molecule has 174 valence electrons. The molecule has 1 unspecified atom stereocenters. The van der Waals surface area contributed by atoms with Crippen molar-refractivity contribution in [2.75, 3.05) is 18.6 Å². The zero-order valence-electron chi connectivity index (χ0n) is 19.0. The molecule has 0 aliphatic carbocycles. The summed E-state index contributed by atoms with van der Waals surface area (Å²) in [5, 5.41) is 11.3. The van der Waals surface area contributed by atoms with Crippen LogP contribution in [-0.2, 0) is 9.59 Å². The van der Waals surface area contributed by atoms with Gasteiger partial charge in [0.1, 0.15) is 17.3 Å². The number of benzene rings is 3. The molecule has 4 rings (SSSR count). The first-order valence-electron chi connectivity index (χ1n) is 10.8. The summed E-state index contributed by atoms with van der Waals surface area (Å²) in [5.41, 5.74) is 2.57. The molecule has 1 aliphatic heterocycles. The highest BCUT2D eigenvalue weighted by atomic mass is 79.9. The molecule has 3 aromatic rings. The number of carbonyl (C=O) groups is 2. The molecule has 3 aromatic carbocycles. The predicted octanol–water partition coefficient (Wildman–Crippen LogP) is 5.79. The maximum Gasteiger partial charge on any atom is 0.300 e. The number of anilines is 1. The van der Waals surface area contributed by atoms with E-state index in [1.54, 1.807) is 43.5 Å². The molecular formula is C27H24BrNO5. The molecule has 34 heavy (non-hydrogen) atoms. The van der Waals surface area contributed by atoms with Gasteiger partial charge in [-0.05, 0) is 83.4 Å². The van der Waals surface area contributed by atoms with E-state index >= 15 is 0 Å². The second kappa shape index (κ2) is 9.73. The first kappa shape index (κ1) is 23.6. The maximum absolute atomic E-state index is 13.3. The van der Waals surface area contributed by atoms with E-state index in [0.717, 1.165) is 5.56 Å². The zero-order chi connectivity index (χ0) is 24.4. The van der Waals surface area contributed by atoms with Crippen LogP contribution in [0.2, 0.25) is 0 Å². The van der Waals surface area contributed by atoms with E-state index in [1.165, 1.54) is 4.90 Å². The lowest BCUT2D eigenvalue weighted by atomic mass is 9.95. The quantitative estimate of drug-likeness (QED) is 0.252. The summed E-state index contributed by atoms with van der Waals surface area (Å²) in [6.45, 7) is 4.27. The van der Waals surface area contributed by atoms with Crippen LogP contribution < -0.4 is 14.4 Å². The lowest BCUT2D eigenvalue weighted by Gasteiger charge is -2.26. The Balaban J connectivity index is 1.94. The number of ether oxygens (including phenoxy) is 2. The molecule has 1 heterocycles. The van der Waals surface area contributed by atoms with Crippen molar-refractivity contribution in [1.29, 1.82) is 0 Å². The van der Waals surface area contributed by atoms with Gasteiger partial charge in [0, 0.05) is 11.3 Å². The highest BCUT2D eigenvalue weighted by molar-refractivity contribution is 9.10. The summed E-state index contributed by atoms with van der Waals surface area (Å²) in [7, 11) is 1.54. The number of aryl methyl sites for hydroxylation is 1. The third-order valence-corrected chi connectivity index (χ3v) is 6.25. The van der Waals surface area contributed by atoms with E-state index in [1.807, 2.05) is 44.2 Å². The monoisotopic (exact) mass is 521 g/mol. The van der Waals surface area contributed by atoms with Gasteiger partial charge in [-0.2, -0.15) is 0 Å². The number of Topliss-reactive ketones (excluding diaryl/α,β-unsaturated/α-hetero) is 1. The molecule has 1 amide bonds. The maximum atomic E-state index is 13.3. The minimum absolute atomic E-state index is 0.0113. The Bertz CT molecular complexity index is 1300. The van der Waals surface area contributed by atoms with Crippen LogP contribution in [0.15, 0.2) is 76.8 Å². The summed E-state index contributed by atoms with van der Waals surface area (Å²) in [4.78, 5) is 28.0. The lowest BCUT2D eigenvalue weighted by Crippen LogP contribution is -2.29. The number of ketones is 1. The van der Waals surface area contributed by atoms with Crippen LogP contribution >= 0.6 is 15.9 Å². The molecule has 1 aliphatic rings. The van der Waals surface area contributed by atoms with Crippen molar-refractivity contribution < 1.29 is 24.2 Å². The van der Waals surface area contributed by atoms with E-state index in [4.69, 9.17) is 9.47 Å². The van der Waals surface area contributed by atoms with Crippen LogP contribution in [0.3, 0.4) is 0 Å². The number of rotatable bonds is 6. The molecule has 0 saturated carbocycles. The van der Waals surface area contributed by atoms with E-state index in [9.17, 15) is 14.7 Å². The van der Waals surface area contributed by atoms with Gasteiger partial charge in [-0.1, -0.05) is 24.3 Å². The Kier molecular flexibility index (Phi) is 6.75. The molecule has 0 spiro atoms. The van der Waals surface area contributed by atoms with Crippen molar-refractivity contribution in [2.45, 2.75) is 19.9 Å². The fourth-order valence-electron chi connectivity index (χ4n) is 4.10. The molecule has 1 fully saturated rings. The number of carbonyl (C=O) groups excluding carboxylic acids is 2. The Morgan fingerprint density at radius 2 is 1.82 bits per heavy atom. The van der Waals surface area contributed by atoms with Crippen LogP contribution in [0.5, 0.6) is 11.5 Å². The molecule has 6 nitrogen and oxygen atoms in total. The second-order valence-electron chi connectivity index (χ2n) is 7.86.